The lowest BCUT2D eigenvalue weighted by molar-refractivity contribution is 0.0937. The van der Waals surface area contributed by atoms with Crippen LogP contribution in [0.25, 0.3) is 0 Å². The van der Waals surface area contributed by atoms with Gasteiger partial charge < -0.3 is 14.8 Å². The number of carbonyl (C=O) groups is 1. The van der Waals surface area contributed by atoms with Crippen molar-refractivity contribution in [3.8, 4) is 5.75 Å². The Labute approximate surface area is 138 Å². The molecule has 0 fully saturated rings. The zero-order valence-electron chi connectivity index (χ0n) is 12.3. The molecule has 0 bridgehead atoms. The highest BCUT2D eigenvalue weighted by Gasteiger charge is 2.09. The lowest BCUT2D eigenvalue weighted by Gasteiger charge is -2.10. The molecule has 0 saturated carbocycles. The molecule has 5 heteroatoms. The molecule has 0 aromatic heterocycles. The van der Waals surface area contributed by atoms with Gasteiger partial charge in [-0.25, -0.2) is 0 Å². The molecule has 0 radical (unpaired) electrons. The fourth-order valence-electron chi connectivity index (χ4n) is 1.86. The Balaban J connectivity index is 1.96. The molecule has 0 unspecified atom stereocenters. The highest BCUT2D eigenvalue weighted by Crippen LogP contribution is 2.26. The van der Waals surface area contributed by atoms with E-state index in [0.29, 0.717) is 31.1 Å². The molecular formula is C17H18BrNO3. The lowest BCUT2D eigenvalue weighted by atomic mass is 10.2. The molecule has 0 spiro atoms. The minimum absolute atomic E-state index is 0.132. The SMILES string of the molecule is COCCNC(=O)c1ccc(OCc2ccccc2)c(Br)c1. The van der Waals surface area contributed by atoms with E-state index < -0.39 is 0 Å². The second kappa shape index (κ2) is 8.56. The Bertz CT molecular complexity index is 617. The van der Waals surface area contributed by atoms with E-state index >= 15 is 0 Å². The van der Waals surface area contributed by atoms with Gasteiger partial charge >= 0.3 is 0 Å². The molecule has 0 heterocycles. The van der Waals surface area contributed by atoms with Gasteiger partial charge in [-0.2, -0.15) is 0 Å². The first kappa shape index (κ1) is 16.5. The third-order valence-electron chi connectivity index (χ3n) is 3.02. The predicted octanol–water partition coefficient (Wildman–Crippen LogP) is 3.40. The largest absolute Gasteiger partial charge is 0.488 e. The van der Waals surface area contributed by atoms with Crippen LogP contribution in [0.4, 0.5) is 0 Å². The first-order chi connectivity index (χ1) is 10.7. The molecule has 0 atom stereocenters. The smallest absolute Gasteiger partial charge is 0.251 e. The van der Waals surface area contributed by atoms with Crippen LogP contribution in [0.5, 0.6) is 5.75 Å². The van der Waals surface area contributed by atoms with E-state index in [0.717, 1.165) is 10.0 Å². The maximum absolute atomic E-state index is 11.9. The number of hydrogen-bond acceptors (Lipinski definition) is 3. The van der Waals surface area contributed by atoms with E-state index in [2.05, 4.69) is 21.2 Å². The zero-order chi connectivity index (χ0) is 15.8. The van der Waals surface area contributed by atoms with Crippen molar-refractivity contribution < 1.29 is 14.3 Å². The van der Waals surface area contributed by atoms with Crippen LogP contribution in [0.2, 0.25) is 0 Å². The van der Waals surface area contributed by atoms with Gasteiger partial charge in [0.2, 0.25) is 0 Å². The molecule has 22 heavy (non-hydrogen) atoms. The van der Waals surface area contributed by atoms with E-state index in [4.69, 9.17) is 9.47 Å². The Morgan fingerprint density at radius 2 is 1.95 bits per heavy atom. The van der Waals surface area contributed by atoms with Crippen LogP contribution in [0.3, 0.4) is 0 Å². The molecule has 116 valence electrons. The summed E-state index contributed by atoms with van der Waals surface area (Å²) in [6, 6.07) is 15.2. The summed E-state index contributed by atoms with van der Waals surface area (Å²) in [5, 5.41) is 2.78. The number of hydrogen-bond donors (Lipinski definition) is 1. The van der Waals surface area contributed by atoms with Gasteiger partial charge in [-0.05, 0) is 39.7 Å². The molecule has 0 aliphatic heterocycles. The first-order valence-corrected chi connectivity index (χ1v) is 7.73. The number of rotatable bonds is 7. The maximum Gasteiger partial charge on any atom is 0.251 e. The number of methoxy groups -OCH3 is 1. The number of nitrogens with one attached hydrogen (secondary N) is 1. The number of benzene rings is 2. The highest BCUT2D eigenvalue weighted by molar-refractivity contribution is 9.10. The quantitative estimate of drug-likeness (QED) is 0.766. The van der Waals surface area contributed by atoms with Crippen LogP contribution < -0.4 is 10.1 Å². The Morgan fingerprint density at radius 3 is 2.64 bits per heavy atom. The Kier molecular flexibility index (Phi) is 6.43. The molecule has 2 aromatic rings. The molecule has 4 nitrogen and oxygen atoms in total. The summed E-state index contributed by atoms with van der Waals surface area (Å²) in [6.07, 6.45) is 0. The van der Waals surface area contributed by atoms with Crippen LogP contribution >= 0.6 is 15.9 Å². The second-order valence-electron chi connectivity index (χ2n) is 4.67. The maximum atomic E-state index is 11.9. The first-order valence-electron chi connectivity index (χ1n) is 6.94. The van der Waals surface area contributed by atoms with E-state index in [9.17, 15) is 4.79 Å². The summed E-state index contributed by atoms with van der Waals surface area (Å²) in [6.45, 7) is 1.46. The summed E-state index contributed by atoms with van der Waals surface area (Å²) in [5.74, 6) is 0.574. The number of ether oxygens (including phenoxy) is 2. The third kappa shape index (κ3) is 4.86. The number of amides is 1. The summed E-state index contributed by atoms with van der Waals surface area (Å²) >= 11 is 3.44. The molecule has 1 N–H and O–H groups in total. The van der Waals surface area contributed by atoms with Gasteiger partial charge in [-0.3, -0.25) is 4.79 Å². The second-order valence-corrected chi connectivity index (χ2v) is 5.52. The van der Waals surface area contributed by atoms with Crippen molar-refractivity contribution in [2.24, 2.45) is 0 Å². The average Bonchev–Trinajstić information content (AvgIpc) is 2.54. The van der Waals surface area contributed by atoms with Gasteiger partial charge in [-0.15, -0.1) is 0 Å². The topological polar surface area (TPSA) is 47.6 Å². The fraction of sp³-hybridized carbons (Fsp3) is 0.235. The molecule has 0 aliphatic carbocycles. The minimum Gasteiger partial charge on any atom is -0.488 e. The fourth-order valence-corrected chi connectivity index (χ4v) is 2.36. The van der Waals surface area contributed by atoms with Gasteiger partial charge in [0.25, 0.3) is 5.91 Å². The number of halogens is 1. The molecule has 2 aromatic carbocycles. The molecule has 2 rings (SSSR count). The molecule has 0 saturated heterocycles. The van der Waals surface area contributed by atoms with Crippen molar-refractivity contribution in [1.82, 2.24) is 5.32 Å². The van der Waals surface area contributed by atoms with Crippen LogP contribution in [0.15, 0.2) is 53.0 Å². The van der Waals surface area contributed by atoms with Crippen molar-refractivity contribution in [2.45, 2.75) is 6.61 Å². The summed E-state index contributed by atoms with van der Waals surface area (Å²) in [5.41, 5.74) is 1.67. The van der Waals surface area contributed by atoms with Crippen molar-refractivity contribution in [1.29, 1.82) is 0 Å². The molecule has 0 aliphatic rings. The minimum atomic E-state index is -0.132. The lowest BCUT2D eigenvalue weighted by Crippen LogP contribution is -2.26. The summed E-state index contributed by atoms with van der Waals surface area (Å²) < 4.78 is 11.4. The highest BCUT2D eigenvalue weighted by atomic mass is 79.9. The van der Waals surface area contributed by atoms with Gasteiger partial charge in [0.15, 0.2) is 0 Å². The van der Waals surface area contributed by atoms with Gasteiger partial charge in [0.1, 0.15) is 12.4 Å². The van der Waals surface area contributed by atoms with E-state index in [-0.39, 0.29) is 5.91 Å². The summed E-state index contributed by atoms with van der Waals surface area (Å²) in [4.78, 5) is 11.9. The van der Waals surface area contributed by atoms with E-state index in [1.165, 1.54) is 0 Å². The van der Waals surface area contributed by atoms with Crippen LogP contribution in [-0.2, 0) is 11.3 Å². The van der Waals surface area contributed by atoms with Crippen LogP contribution in [0.1, 0.15) is 15.9 Å². The number of carbonyl (C=O) groups excluding carboxylic acids is 1. The average molecular weight is 364 g/mol. The molecule has 1 amide bonds. The third-order valence-corrected chi connectivity index (χ3v) is 3.64. The van der Waals surface area contributed by atoms with Crippen molar-refractivity contribution in [3.05, 3.63) is 64.1 Å². The van der Waals surface area contributed by atoms with E-state index in [1.54, 1.807) is 25.3 Å². The van der Waals surface area contributed by atoms with Crippen LogP contribution in [-0.4, -0.2) is 26.2 Å². The molecular weight excluding hydrogens is 346 g/mol. The van der Waals surface area contributed by atoms with Crippen molar-refractivity contribution in [3.63, 3.8) is 0 Å². The van der Waals surface area contributed by atoms with Crippen molar-refractivity contribution >= 4 is 21.8 Å². The monoisotopic (exact) mass is 363 g/mol. The normalized spacial score (nSPS) is 10.3. The Morgan fingerprint density at radius 1 is 1.18 bits per heavy atom. The zero-order valence-corrected chi connectivity index (χ0v) is 13.9. The predicted molar refractivity (Wildman–Crippen MR) is 89.1 cm³/mol. The van der Waals surface area contributed by atoms with Gasteiger partial charge in [0, 0.05) is 19.2 Å². The van der Waals surface area contributed by atoms with Gasteiger partial charge in [-0.1, -0.05) is 30.3 Å². The van der Waals surface area contributed by atoms with Crippen LogP contribution in [0, 0.1) is 0 Å². The summed E-state index contributed by atoms with van der Waals surface area (Å²) in [7, 11) is 1.60. The van der Waals surface area contributed by atoms with Crippen molar-refractivity contribution in [2.75, 3.05) is 20.3 Å². The standard InChI is InChI=1S/C17H18BrNO3/c1-21-10-9-19-17(20)14-7-8-16(15(18)11-14)22-12-13-5-3-2-4-6-13/h2-8,11H,9-10,12H2,1H3,(H,19,20). The van der Waals surface area contributed by atoms with E-state index in [1.807, 2.05) is 30.3 Å². The Hall–Kier alpha value is -1.85. The van der Waals surface area contributed by atoms with Gasteiger partial charge in [0.05, 0.1) is 11.1 Å².